The molecule has 4 bridgehead atoms. The van der Waals surface area contributed by atoms with Crippen LogP contribution in [0.15, 0.2) is 54.6 Å². The summed E-state index contributed by atoms with van der Waals surface area (Å²) < 4.78 is 0. The Morgan fingerprint density at radius 2 is 1.85 bits per heavy atom. The number of likely N-dealkylation sites (tertiary alicyclic amines) is 1. The van der Waals surface area contributed by atoms with Crippen LogP contribution in [0, 0.1) is 30.6 Å². The highest BCUT2D eigenvalue weighted by molar-refractivity contribution is 5.97. The zero-order valence-corrected chi connectivity index (χ0v) is 19.9. The Hall–Kier alpha value is -2.66. The fourth-order valence-corrected chi connectivity index (χ4v) is 6.64. The monoisotopic (exact) mass is 445 g/mol. The predicted molar refractivity (Wildman–Crippen MR) is 129 cm³/mol. The number of nitrogens with zero attached hydrogens (tertiary/aromatic N) is 1. The number of carbonyl (C=O) groups is 2. The third-order valence-electron chi connectivity index (χ3n) is 8.01. The number of piperidine rings is 2. The van der Waals surface area contributed by atoms with E-state index in [2.05, 4.69) is 60.6 Å². The number of rotatable bonds is 7. The van der Waals surface area contributed by atoms with Crippen LogP contribution in [0.3, 0.4) is 0 Å². The molecule has 5 nitrogen and oxygen atoms in total. The first-order chi connectivity index (χ1) is 15.9. The topological polar surface area (TPSA) is 61.4 Å². The molecule has 0 unspecified atom stereocenters. The molecule has 3 heterocycles. The van der Waals surface area contributed by atoms with Gasteiger partial charge in [-0.3, -0.25) is 14.5 Å². The minimum atomic E-state index is -0.842. The molecule has 4 fully saturated rings. The molecule has 3 aliphatic heterocycles. The van der Waals surface area contributed by atoms with Gasteiger partial charge in [0.25, 0.3) is 0 Å². The minimum absolute atomic E-state index is 0.00853. The van der Waals surface area contributed by atoms with Gasteiger partial charge in [-0.1, -0.05) is 74.0 Å². The van der Waals surface area contributed by atoms with Crippen LogP contribution in [0.4, 0.5) is 0 Å². The second kappa shape index (κ2) is 8.60. The number of fused-ring (bicyclic) bond motifs is 1. The van der Waals surface area contributed by atoms with Crippen LogP contribution < -0.4 is 10.6 Å². The molecular weight excluding hydrogens is 410 g/mol. The van der Waals surface area contributed by atoms with E-state index in [1.165, 1.54) is 11.1 Å². The molecule has 5 atom stereocenters. The Morgan fingerprint density at radius 1 is 1.12 bits per heavy atom. The molecule has 2 amide bonds. The summed E-state index contributed by atoms with van der Waals surface area (Å²) in [6.45, 7) is 8.69. The summed E-state index contributed by atoms with van der Waals surface area (Å²) in [5, 5.41) is 6.45. The maximum absolute atomic E-state index is 13.9. The first kappa shape index (κ1) is 22.1. The van der Waals surface area contributed by atoms with Gasteiger partial charge in [-0.05, 0) is 42.7 Å². The molecule has 1 saturated carbocycles. The SMILES string of the molecule is Cc1ccc(CN2C[C@@H]3C[C@H]4C(=O)N[C@]3(C(=O)NCc3ccccc3)[C@@H]2[C@@H]4CC(C)C)cc1. The second-order valence-corrected chi connectivity index (χ2v) is 10.7. The lowest BCUT2D eigenvalue weighted by Gasteiger charge is -2.55. The Labute approximate surface area is 196 Å². The quantitative estimate of drug-likeness (QED) is 0.684. The fourth-order valence-electron chi connectivity index (χ4n) is 6.64. The molecule has 0 aromatic heterocycles. The van der Waals surface area contributed by atoms with Crippen molar-refractivity contribution in [1.29, 1.82) is 0 Å². The maximum Gasteiger partial charge on any atom is 0.248 e. The van der Waals surface area contributed by atoms with Crippen molar-refractivity contribution in [2.75, 3.05) is 6.54 Å². The van der Waals surface area contributed by atoms with E-state index in [0.29, 0.717) is 12.5 Å². The number of hydrogen-bond donors (Lipinski definition) is 2. The van der Waals surface area contributed by atoms with E-state index in [4.69, 9.17) is 0 Å². The summed E-state index contributed by atoms with van der Waals surface area (Å²) in [5.41, 5.74) is 2.74. The lowest BCUT2D eigenvalue weighted by atomic mass is 9.57. The Bertz CT molecular complexity index is 1020. The lowest BCUT2D eigenvalue weighted by Crippen LogP contribution is -2.77. The van der Waals surface area contributed by atoms with Gasteiger partial charge in [-0.15, -0.1) is 0 Å². The molecule has 1 aliphatic carbocycles. The molecule has 0 radical (unpaired) electrons. The number of carbonyl (C=O) groups excluding carboxylic acids is 2. The van der Waals surface area contributed by atoms with Gasteiger partial charge in [-0.2, -0.15) is 0 Å². The van der Waals surface area contributed by atoms with Crippen LogP contribution in [0.2, 0.25) is 0 Å². The van der Waals surface area contributed by atoms with Gasteiger partial charge in [0.2, 0.25) is 11.8 Å². The Morgan fingerprint density at radius 3 is 2.55 bits per heavy atom. The first-order valence-corrected chi connectivity index (χ1v) is 12.3. The van der Waals surface area contributed by atoms with E-state index >= 15 is 0 Å². The Balaban J connectivity index is 1.46. The van der Waals surface area contributed by atoms with Crippen molar-refractivity contribution in [3.05, 3.63) is 71.3 Å². The number of aryl methyl sites for hydroxylation is 1. The van der Waals surface area contributed by atoms with E-state index < -0.39 is 5.54 Å². The van der Waals surface area contributed by atoms with Gasteiger partial charge in [0.15, 0.2) is 0 Å². The zero-order chi connectivity index (χ0) is 23.2. The van der Waals surface area contributed by atoms with Crippen LogP contribution in [0.1, 0.15) is 43.4 Å². The molecule has 6 rings (SSSR count). The molecular formula is C28H35N3O2. The van der Waals surface area contributed by atoms with Gasteiger partial charge >= 0.3 is 0 Å². The van der Waals surface area contributed by atoms with Gasteiger partial charge in [0.05, 0.1) is 0 Å². The average Bonchev–Trinajstić information content (AvgIpc) is 3.02. The molecule has 33 heavy (non-hydrogen) atoms. The second-order valence-electron chi connectivity index (χ2n) is 10.7. The summed E-state index contributed by atoms with van der Waals surface area (Å²) in [6, 6.07) is 18.7. The standard InChI is InChI=1S/C28H35N3O2/c1-18(2)13-23-24-14-22-17-31(16-21-11-9-19(3)10-12-21)25(23)28(22,30-26(24)32)27(33)29-15-20-7-5-4-6-8-20/h4-12,18,22-25H,13-17H2,1-3H3,(H,29,33)(H,30,32)/t22-,23+,24+,25-,28-/m0/s1. The molecule has 5 heteroatoms. The largest absolute Gasteiger partial charge is 0.350 e. The Kier molecular flexibility index (Phi) is 5.77. The highest BCUT2D eigenvalue weighted by atomic mass is 16.2. The highest BCUT2D eigenvalue weighted by Crippen LogP contribution is 2.54. The number of amides is 2. The minimum Gasteiger partial charge on any atom is -0.350 e. The summed E-state index contributed by atoms with van der Waals surface area (Å²) in [6.07, 6.45) is 1.77. The molecule has 0 spiro atoms. The smallest absolute Gasteiger partial charge is 0.248 e. The van der Waals surface area contributed by atoms with Crippen molar-refractivity contribution in [3.8, 4) is 0 Å². The fraction of sp³-hybridized carbons (Fsp3) is 0.500. The van der Waals surface area contributed by atoms with Crippen LogP contribution in [-0.2, 0) is 22.7 Å². The summed E-state index contributed by atoms with van der Waals surface area (Å²) in [4.78, 5) is 29.5. The highest BCUT2D eigenvalue weighted by Gasteiger charge is 2.70. The van der Waals surface area contributed by atoms with Gasteiger partial charge < -0.3 is 10.6 Å². The summed E-state index contributed by atoms with van der Waals surface area (Å²) >= 11 is 0. The normalized spacial score (nSPS) is 30.5. The van der Waals surface area contributed by atoms with E-state index in [1.54, 1.807) is 0 Å². The van der Waals surface area contributed by atoms with Gasteiger partial charge in [0.1, 0.15) is 5.54 Å². The molecule has 3 saturated heterocycles. The first-order valence-electron chi connectivity index (χ1n) is 12.3. The van der Waals surface area contributed by atoms with E-state index in [0.717, 1.165) is 31.5 Å². The maximum atomic E-state index is 13.9. The average molecular weight is 446 g/mol. The van der Waals surface area contributed by atoms with Crippen molar-refractivity contribution in [1.82, 2.24) is 15.5 Å². The summed E-state index contributed by atoms with van der Waals surface area (Å²) in [5.74, 6) is 0.884. The van der Waals surface area contributed by atoms with Crippen LogP contribution >= 0.6 is 0 Å². The van der Waals surface area contributed by atoms with Crippen molar-refractivity contribution < 1.29 is 9.59 Å². The van der Waals surface area contributed by atoms with Gasteiger partial charge in [0, 0.05) is 37.5 Å². The van der Waals surface area contributed by atoms with Gasteiger partial charge in [-0.25, -0.2) is 0 Å². The van der Waals surface area contributed by atoms with Crippen LogP contribution in [0.25, 0.3) is 0 Å². The van der Waals surface area contributed by atoms with Crippen molar-refractivity contribution in [2.24, 2.45) is 23.7 Å². The predicted octanol–water partition coefficient (Wildman–Crippen LogP) is 3.66. The van der Waals surface area contributed by atoms with E-state index in [-0.39, 0.29) is 35.6 Å². The van der Waals surface area contributed by atoms with Crippen molar-refractivity contribution in [2.45, 2.75) is 58.3 Å². The molecule has 2 N–H and O–H groups in total. The van der Waals surface area contributed by atoms with Crippen molar-refractivity contribution >= 4 is 11.8 Å². The zero-order valence-electron chi connectivity index (χ0n) is 19.9. The third kappa shape index (κ3) is 3.86. The number of hydrogen-bond acceptors (Lipinski definition) is 3. The lowest BCUT2D eigenvalue weighted by molar-refractivity contribution is -0.155. The van der Waals surface area contributed by atoms with Crippen LogP contribution in [-0.4, -0.2) is 34.8 Å². The van der Waals surface area contributed by atoms with Crippen molar-refractivity contribution in [3.63, 3.8) is 0 Å². The third-order valence-corrected chi connectivity index (χ3v) is 8.01. The number of benzene rings is 2. The van der Waals surface area contributed by atoms with E-state index in [1.807, 2.05) is 30.3 Å². The molecule has 174 valence electrons. The molecule has 2 aromatic rings. The molecule has 2 aromatic carbocycles. The summed E-state index contributed by atoms with van der Waals surface area (Å²) in [7, 11) is 0. The number of nitrogens with one attached hydrogen (secondary N) is 2. The molecule has 4 aliphatic rings. The van der Waals surface area contributed by atoms with Crippen LogP contribution in [0.5, 0.6) is 0 Å². The van der Waals surface area contributed by atoms with E-state index in [9.17, 15) is 9.59 Å².